The van der Waals surface area contributed by atoms with E-state index in [1.165, 1.54) is 23.4 Å². The van der Waals surface area contributed by atoms with Gasteiger partial charge in [-0.2, -0.15) is 11.8 Å². The minimum atomic E-state index is 0.531. The van der Waals surface area contributed by atoms with Crippen molar-refractivity contribution in [1.29, 1.82) is 0 Å². The Kier molecular flexibility index (Phi) is 8.15. The van der Waals surface area contributed by atoms with Crippen molar-refractivity contribution in [2.24, 2.45) is 0 Å². The summed E-state index contributed by atoms with van der Waals surface area (Å²) in [4.78, 5) is 4.57. The summed E-state index contributed by atoms with van der Waals surface area (Å²) in [6.07, 6.45) is 5.35. The van der Waals surface area contributed by atoms with Gasteiger partial charge >= 0.3 is 0 Å². The summed E-state index contributed by atoms with van der Waals surface area (Å²) in [5, 5.41) is 4.33. The molecule has 0 aliphatic carbocycles. The van der Waals surface area contributed by atoms with Crippen molar-refractivity contribution in [3.05, 3.63) is 29.6 Å². The third-order valence-corrected chi connectivity index (χ3v) is 4.90. The molecule has 0 aliphatic rings. The molecule has 2 atom stereocenters. The largest absolute Gasteiger partial charge is 0.313 e. The minimum Gasteiger partial charge on any atom is -0.313 e. The third kappa shape index (κ3) is 6.44. The summed E-state index contributed by atoms with van der Waals surface area (Å²) < 4.78 is 0. The summed E-state index contributed by atoms with van der Waals surface area (Å²) in [6, 6.07) is 4.91. The Bertz CT molecular complexity index is 337. The van der Waals surface area contributed by atoms with E-state index < -0.39 is 0 Å². The Morgan fingerprint density at radius 1 is 1.26 bits per heavy atom. The highest BCUT2D eigenvalue weighted by molar-refractivity contribution is 7.99. The molecule has 2 nitrogen and oxygen atoms in total. The number of pyridine rings is 1. The molecule has 0 bridgehead atoms. The van der Waals surface area contributed by atoms with E-state index in [-0.39, 0.29) is 0 Å². The van der Waals surface area contributed by atoms with Crippen LogP contribution in [0, 0.1) is 0 Å². The number of hydrogen-bond donors (Lipinski definition) is 1. The van der Waals surface area contributed by atoms with Gasteiger partial charge in [-0.05, 0) is 31.0 Å². The zero-order valence-corrected chi connectivity index (χ0v) is 13.6. The van der Waals surface area contributed by atoms with Gasteiger partial charge in [-0.25, -0.2) is 0 Å². The average Bonchev–Trinajstić information content (AvgIpc) is 2.45. The smallest absolute Gasteiger partial charge is 0.0419 e. The molecule has 0 saturated heterocycles. The van der Waals surface area contributed by atoms with Gasteiger partial charge in [0.1, 0.15) is 0 Å². The quantitative estimate of drug-likeness (QED) is 0.746. The predicted molar refractivity (Wildman–Crippen MR) is 87.0 cm³/mol. The molecule has 19 heavy (non-hydrogen) atoms. The van der Waals surface area contributed by atoms with Gasteiger partial charge in [0.2, 0.25) is 0 Å². The van der Waals surface area contributed by atoms with Crippen LogP contribution in [0.3, 0.4) is 0 Å². The van der Waals surface area contributed by atoms with E-state index in [0.29, 0.717) is 6.04 Å². The average molecular weight is 280 g/mol. The molecule has 0 saturated carbocycles. The first-order valence-corrected chi connectivity index (χ1v) is 8.53. The zero-order valence-electron chi connectivity index (χ0n) is 12.8. The van der Waals surface area contributed by atoms with Crippen molar-refractivity contribution >= 4 is 11.8 Å². The normalized spacial score (nSPS) is 14.3. The Morgan fingerprint density at radius 2 is 2.05 bits per heavy atom. The summed E-state index contributed by atoms with van der Waals surface area (Å²) in [7, 11) is 0. The molecule has 1 aromatic rings. The first-order chi connectivity index (χ1) is 9.19. The van der Waals surface area contributed by atoms with Crippen LogP contribution in [0.2, 0.25) is 0 Å². The number of thioether (sulfide) groups is 1. The lowest BCUT2D eigenvalue weighted by atomic mass is 10.1. The molecule has 0 radical (unpaired) electrons. The third-order valence-electron chi connectivity index (χ3n) is 3.40. The Hall–Kier alpha value is -0.540. The topological polar surface area (TPSA) is 24.9 Å². The second-order valence-corrected chi connectivity index (χ2v) is 6.49. The van der Waals surface area contributed by atoms with E-state index in [0.717, 1.165) is 24.6 Å². The molecule has 1 N–H and O–H groups in total. The summed E-state index contributed by atoms with van der Waals surface area (Å²) in [5.74, 6) is 1.17. The molecular formula is C16H28N2S. The number of nitrogens with zero attached hydrogens (tertiary/aromatic N) is 1. The van der Waals surface area contributed by atoms with Crippen molar-refractivity contribution < 1.29 is 0 Å². The lowest BCUT2D eigenvalue weighted by Gasteiger charge is -2.19. The molecule has 0 aromatic carbocycles. The standard InChI is InChI=1S/C16H28N2S/c1-5-13(4)19-12-16(17-7-3)10-15-9-8-14(6-2)11-18-15/h8-9,11,13,16-17H,5-7,10,12H2,1-4H3. The fraction of sp³-hybridized carbons (Fsp3) is 0.688. The van der Waals surface area contributed by atoms with E-state index in [1.54, 1.807) is 0 Å². The van der Waals surface area contributed by atoms with Crippen LogP contribution >= 0.6 is 11.8 Å². The van der Waals surface area contributed by atoms with Gasteiger partial charge in [-0.15, -0.1) is 0 Å². The number of likely N-dealkylation sites (N-methyl/N-ethyl adjacent to an activating group) is 1. The van der Waals surface area contributed by atoms with Crippen LogP contribution in [-0.4, -0.2) is 28.6 Å². The summed E-state index contributed by atoms with van der Waals surface area (Å²) in [5.41, 5.74) is 2.52. The first-order valence-electron chi connectivity index (χ1n) is 7.48. The van der Waals surface area contributed by atoms with Gasteiger partial charge < -0.3 is 5.32 Å². The molecule has 0 spiro atoms. The van der Waals surface area contributed by atoms with Crippen LogP contribution in [0.5, 0.6) is 0 Å². The maximum Gasteiger partial charge on any atom is 0.0419 e. The van der Waals surface area contributed by atoms with Crippen molar-refractivity contribution in [1.82, 2.24) is 10.3 Å². The number of nitrogens with one attached hydrogen (secondary N) is 1. The lowest BCUT2D eigenvalue weighted by Crippen LogP contribution is -2.34. The lowest BCUT2D eigenvalue weighted by molar-refractivity contribution is 0.565. The van der Waals surface area contributed by atoms with Crippen LogP contribution < -0.4 is 5.32 Å². The highest BCUT2D eigenvalue weighted by atomic mass is 32.2. The Balaban J connectivity index is 2.51. The van der Waals surface area contributed by atoms with Crippen LogP contribution in [0.4, 0.5) is 0 Å². The van der Waals surface area contributed by atoms with E-state index >= 15 is 0 Å². The molecule has 1 rings (SSSR count). The number of rotatable bonds is 9. The Morgan fingerprint density at radius 3 is 2.58 bits per heavy atom. The molecule has 1 heterocycles. The van der Waals surface area contributed by atoms with E-state index in [2.05, 4.69) is 61.9 Å². The molecule has 108 valence electrons. The highest BCUT2D eigenvalue weighted by Gasteiger charge is 2.11. The maximum atomic E-state index is 4.57. The second-order valence-electron chi connectivity index (χ2n) is 5.02. The molecule has 0 amide bonds. The molecule has 1 aromatic heterocycles. The minimum absolute atomic E-state index is 0.531. The second kappa shape index (κ2) is 9.38. The van der Waals surface area contributed by atoms with Gasteiger partial charge in [0.25, 0.3) is 0 Å². The van der Waals surface area contributed by atoms with Crippen molar-refractivity contribution in [2.45, 2.75) is 58.2 Å². The number of aryl methyl sites for hydroxylation is 1. The predicted octanol–water partition coefficient (Wildman–Crippen LogP) is 3.70. The van der Waals surface area contributed by atoms with E-state index in [9.17, 15) is 0 Å². The SMILES string of the molecule is CCNC(CSC(C)CC)Cc1ccc(CC)cn1. The van der Waals surface area contributed by atoms with E-state index in [4.69, 9.17) is 0 Å². The van der Waals surface area contributed by atoms with Gasteiger partial charge in [-0.1, -0.05) is 33.8 Å². The molecular weight excluding hydrogens is 252 g/mol. The monoisotopic (exact) mass is 280 g/mol. The fourth-order valence-corrected chi connectivity index (χ4v) is 2.95. The summed E-state index contributed by atoms with van der Waals surface area (Å²) in [6.45, 7) is 9.93. The van der Waals surface area contributed by atoms with Crippen LogP contribution in [0.25, 0.3) is 0 Å². The summed E-state index contributed by atoms with van der Waals surface area (Å²) >= 11 is 2.06. The molecule has 0 fully saturated rings. The molecule has 0 aliphatic heterocycles. The fourth-order valence-electron chi connectivity index (χ4n) is 1.91. The van der Waals surface area contributed by atoms with E-state index in [1.807, 2.05) is 6.20 Å². The van der Waals surface area contributed by atoms with Crippen molar-refractivity contribution in [3.8, 4) is 0 Å². The zero-order chi connectivity index (χ0) is 14.1. The maximum absolute atomic E-state index is 4.57. The van der Waals surface area contributed by atoms with Gasteiger partial charge in [0, 0.05) is 35.4 Å². The van der Waals surface area contributed by atoms with Gasteiger partial charge in [0.15, 0.2) is 0 Å². The van der Waals surface area contributed by atoms with Crippen LogP contribution in [-0.2, 0) is 12.8 Å². The first kappa shape index (κ1) is 16.5. The van der Waals surface area contributed by atoms with Crippen LogP contribution in [0.15, 0.2) is 18.3 Å². The van der Waals surface area contributed by atoms with Crippen LogP contribution in [0.1, 0.15) is 45.4 Å². The van der Waals surface area contributed by atoms with Gasteiger partial charge in [0.05, 0.1) is 0 Å². The number of hydrogen-bond acceptors (Lipinski definition) is 3. The molecule has 3 heteroatoms. The van der Waals surface area contributed by atoms with Crippen molar-refractivity contribution in [3.63, 3.8) is 0 Å². The molecule has 2 unspecified atom stereocenters. The van der Waals surface area contributed by atoms with Gasteiger partial charge in [-0.3, -0.25) is 4.98 Å². The Labute approximate surface area is 122 Å². The van der Waals surface area contributed by atoms with Crippen molar-refractivity contribution in [2.75, 3.05) is 12.3 Å². The number of aromatic nitrogens is 1. The highest BCUT2D eigenvalue weighted by Crippen LogP contribution is 2.16.